The molecule has 0 atom stereocenters. The van der Waals surface area contributed by atoms with Crippen LogP contribution < -0.4 is 10.2 Å². The second kappa shape index (κ2) is 3.96. The molecule has 0 radical (unpaired) electrons. The van der Waals surface area contributed by atoms with Crippen LogP contribution >= 0.6 is 0 Å². The van der Waals surface area contributed by atoms with Crippen LogP contribution in [0.15, 0.2) is 12.3 Å². The average molecular weight is 236 g/mol. The maximum atomic E-state index is 5.90. The highest BCUT2D eigenvalue weighted by atomic mass is 16.7. The summed E-state index contributed by atoms with van der Waals surface area (Å²) in [5.74, 6) is 0.456. The molecule has 5 nitrogen and oxygen atoms in total. The lowest BCUT2D eigenvalue weighted by atomic mass is 9.81. The van der Waals surface area contributed by atoms with Gasteiger partial charge in [-0.3, -0.25) is 0 Å². The number of hydrogen-bond donors (Lipinski definition) is 0. The maximum absolute atomic E-state index is 5.90. The number of hydrogen-bond acceptors (Lipinski definition) is 5. The van der Waals surface area contributed by atoms with Crippen molar-refractivity contribution in [2.45, 2.75) is 38.9 Å². The van der Waals surface area contributed by atoms with Gasteiger partial charge in [-0.15, -0.1) is 5.10 Å². The molecule has 0 aliphatic carbocycles. The molecule has 1 aliphatic heterocycles. The minimum absolute atomic E-state index is 0.353. The van der Waals surface area contributed by atoms with Gasteiger partial charge in [0.2, 0.25) is 5.88 Å². The van der Waals surface area contributed by atoms with Crippen molar-refractivity contribution in [2.75, 3.05) is 7.11 Å². The van der Waals surface area contributed by atoms with E-state index in [-0.39, 0.29) is 11.2 Å². The van der Waals surface area contributed by atoms with E-state index in [1.54, 1.807) is 19.4 Å². The zero-order valence-corrected chi connectivity index (χ0v) is 10.9. The van der Waals surface area contributed by atoms with Gasteiger partial charge in [-0.25, -0.2) is 0 Å². The monoisotopic (exact) mass is 236 g/mol. The molecule has 0 bridgehead atoms. The van der Waals surface area contributed by atoms with Crippen molar-refractivity contribution >= 4 is 12.6 Å². The predicted octanol–water partition coefficient (Wildman–Crippen LogP) is 0.784. The van der Waals surface area contributed by atoms with Crippen molar-refractivity contribution in [3.8, 4) is 5.88 Å². The molecule has 0 saturated carbocycles. The minimum Gasteiger partial charge on any atom is -0.480 e. The molecule has 92 valence electrons. The summed E-state index contributed by atoms with van der Waals surface area (Å²) in [5, 5.41) is 7.68. The lowest BCUT2D eigenvalue weighted by Gasteiger charge is -2.32. The number of rotatable bonds is 2. The second-order valence-corrected chi connectivity index (χ2v) is 5.12. The Morgan fingerprint density at radius 2 is 1.76 bits per heavy atom. The SMILES string of the molecule is COc1cc(B2OC(C)(C)C(C)(C)O2)cnn1. The topological polar surface area (TPSA) is 53.5 Å². The molecule has 2 heterocycles. The first-order valence-corrected chi connectivity index (χ1v) is 5.58. The zero-order valence-electron chi connectivity index (χ0n) is 10.9. The third kappa shape index (κ3) is 2.15. The average Bonchev–Trinajstić information content (AvgIpc) is 2.48. The van der Waals surface area contributed by atoms with Crippen LogP contribution in [0.4, 0.5) is 0 Å². The first-order chi connectivity index (χ1) is 7.86. The smallest absolute Gasteiger partial charge is 0.480 e. The summed E-state index contributed by atoms with van der Waals surface area (Å²) in [5.41, 5.74) is 0.109. The fourth-order valence-electron chi connectivity index (χ4n) is 1.57. The van der Waals surface area contributed by atoms with Gasteiger partial charge in [0.15, 0.2) is 0 Å². The second-order valence-electron chi connectivity index (χ2n) is 5.12. The van der Waals surface area contributed by atoms with E-state index < -0.39 is 7.12 Å². The van der Waals surface area contributed by atoms with Crippen molar-refractivity contribution in [3.63, 3.8) is 0 Å². The fraction of sp³-hybridized carbons (Fsp3) is 0.636. The largest absolute Gasteiger partial charge is 0.496 e. The molecule has 0 spiro atoms. The van der Waals surface area contributed by atoms with Gasteiger partial charge in [0.05, 0.1) is 18.3 Å². The Hall–Kier alpha value is -1.14. The van der Waals surface area contributed by atoms with Crippen molar-refractivity contribution in [2.24, 2.45) is 0 Å². The molecular formula is C11H17BN2O3. The van der Waals surface area contributed by atoms with Gasteiger partial charge in [0, 0.05) is 17.7 Å². The quantitative estimate of drug-likeness (QED) is 0.710. The third-order valence-corrected chi connectivity index (χ3v) is 3.39. The summed E-state index contributed by atoms with van der Waals surface area (Å²) in [6, 6.07) is 1.77. The van der Waals surface area contributed by atoms with Crippen LogP contribution in [-0.4, -0.2) is 35.6 Å². The highest BCUT2D eigenvalue weighted by Crippen LogP contribution is 2.36. The highest BCUT2D eigenvalue weighted by molar-refractivity contribution is 6.62. The van der Waals surface area contributed by atoms with Crippen molar-refractivity contribution in [1.29, 1.82) is 0 Å². The predicted molar refractivity (Wildman–Crippen MR) is 64.3 cm³/mol. The Morgan fingerprint density at radius 1 is 1.18 bits per heavy atom. The Labute approximate surface area is 102 Å². The highest BCUT2D eigenvalue weighted by Gasteiger charge is 2.51. The normalized spacial score (nSPS) is 21.6. The summed E-state index contributed by atoms with van der Waals surface area (Å²) in [7, 11) is 1.13. The molecule has 1 fully saturated rings. The van der Waals surface area contributed by atoms with E-state index in [4.69, 9.17) is 14.0 Å². The van der Waals surface area contributed by atoms with Crippen LogP contribution in [0.1, 0.15) is 27.7 Å². The molecule has 1 aromatic heterocycles. The Bertz CT molecular complexity index is 407. The van der Waals surface area contributed by atoms with Crippen LogP contribution in [0, 0.1) is 0 Å². The van der Waals surface area contributed by atoms with Gasteiger partial charge in [-0.1, -0.05) is 0 Å². The van der Waals surface area contributed by atoms with Gasteiger partial charge >= 0.3 is 7.12 Å². The molecule has 0 aromatic carbocycles. The van der Waals surface area contributed by atoms with Crippen LogP contribution in [0.5, 0.6) is 5.88 Å². The van der Waals surface area contributed by atoms with Crippen LogP contribution in [0.3, 0.4) is 0 Å². The summed E-state index contributed by atoms with van der Waals surface area (Å²) in [6.07, 6.45) is 1.63. The number of nitrogens with zero attached hydrogens (tertiary/aromatic N) is 2. The molecule has 0 N–H and O–H groups in total. The Kier molecular flexibility index (Phi) is 2.87. The standard InChI is InChI=1S/C11H17BN2O3/c1-10(2)11(3,4)17-12(16-10)8-6-9(15-5)14-13-7-8/h6-7H,1-5H3. The van der Waals surface area contributed by atoms with Gasteiger partial charge in [0.25, 0.3) is 0 Å². The third-order valence-electron chi connectivity index (χ3n) is 3.39. The molecule has 1 saturated heterocycles. The van der Waals surface area contributed by atoms with Crippen molar-refractivity contribution in [1.82, 2.24) is 10.2 Å². The molecule has 1 aliphatic rings. The Balaban J connectivity index is 2.25. The number of aromatic nitrogens is 2. The van der Waals surface area contributed by atoms with Crippen LogP contribution in [0.25, 0.3) is 0 Å². The fourth-order valence-corrected chi connectivity index (χ4v) is 1.57. The van der Waals surface area contributed by atoms with E-state index in [1.807, 2.05) is 27.7 Å². The van der Waals surface area contributed by atoms with Gasteiger partial charge in [-0.2, -0.15) is 5.10 Å². The molecular weight excluding hydrogens is 219 g/mol. The van der Waals surface area contributed by atoms with E-state index in [2.05, 4.69) is 10.2 Å². The lowest BCUT2D eigenvalue weighted by Crippen LogP contribution is -2.41. The molecule has 1 aromatic rings. The minimum atomic E-state index is -0.426. The van der Waals surface area contributed by atoms with Gasteiger partial charge in [-0.05, 0) is 27.7 Å². The number of methoxy groups -OCH3 is 1. The van der Waals surface area contributed by atoms with E-state index in [9.17, 15) is 0 Å². The zero-order chi connectivity index (χ0) is 12.7. The first kappa shape index (κ1) is 12.3. The van der Waals surface area contributed by atoms with Gasteiger partial charge < -0.3 is 14.0 Å². The molecule has 17 heavy (non-hydrogen) atoms. The van der Waals surface area contributed by atoms with Crippen LogP contribution in [0.2, 0.25) is 0 Å². The van der Waals surface area contributed by atoms with E-state index >= 15 is 0 Å². The van der Waals surface area contributed by atoms with Crippen LogP contribution in [-0.2, 0) is 9.31 Å². The van der Waals surface area contributed by atoms with Crippen molar-refractivity contribution in [3.05, 3.63) is 12.3 Å². The maximum Gasteiger partial charge on any atom is 0.496 e. The molecule has 0 unspecified atom stereocenters. The summed E-state index contributed by atoms with van der Waals surface area (Å²) < 4.78 is 16.8. The molecule has 0 amide bonds. The summed E-state index contributed by atoms with van der Waals surface area (Å²) in [6.45, 7) is 8.05. The molecule has 2 rings (SSSR count). The van der Waals surface area contributed by atoms with E-state index in [0.29, 0.717) is 5.88 Å². The van der Waals surface area contributed by atoms with E-state index in [0.717, 1.165) is 5.46 Å². The summed E-state index contributed by atoms with van der Waals surface area (Å²) in [4.78, 5) is 0. The molecule has 6 heteroatoms. The lowest BCUT2D eigenvalue weighted by molar-refractivity contribution is 0.00578. The van der Waals surface area contributed by atoms with Crippen molar-refractivity contribution < 1.29 is 14.0 Å². The Morgan fingerprint density at radius 3 is 2.29 bits per heavy atom. The van der Waals surface area contributed by atoms with Gasteiger partial charge in [0.1, 0.15) is 0 Å². The van der Waals surface area contributed by atoms with E-state index in [1.165, 1.54) is 0 Å². The summed E-state index contributed by atoms with van der Waals surface area (Å²) >= 11 is 0. The first-order valence-electron chi connectivity index (χ1n) is 5.58. The number of ether oxygens (including phenoxy) is 1.